The van der Waals surface area contributed by atoms with Gasteiger partial charge in [-0.2, -0.15) is 0 Å². The molecule has 1 atom stereocenters. The van der Waals surface area contributed by atoms with Gasteiger partial charge in [0, 0.05) is 31.4 Å². The average Bonchev–Trinajstić information content (AvgIpc) is 2.40. The highest BCUT2D eigenvalue weighted by Gasteiger charge is 2.19. The number of piperidine rings is 1. The van der Waals surface area contributed by atoms with Crippen molar-refractivity contribution in [3.63, 3.8) is 0 Å². The summed E-state index contributed by atoms with van der Waals surface area (Å²) in [7, 11) is 0. The normalized spacial score (nSPS) is 20.1. The zero-order valence-corrected chi connectivity index (χ0v) is 10.6. The standard InChI is InChI=1S/C14H21FN2O/c15-12-4-6-14(7-5-12)17-9-1-3-13(11-17)16-8-2-10-18/h4-7,13,16,18H,1-3,8-11H2. The lowest BCUT2D eigenvalue weighted by Crippen LogP contribution is -2.46. The van der Waals surface area contributed by atoms with Crippen LogP contribution in [-0.2, 0) is 0 Å². The van der Waals surface area contributed by atoms with E-state index in [0.717, 1.165) is 38.2 Å². The molecule has 1 fully saturated rings. The summed E-state index contributed by atoms with van der Waals surface area (Å²) in [6.07, 6.45) is 3.12. The Bertz CT molecular complexity index is 355. The number of benzene rings is 1. The lowest BCUT2D eigenvalue weighted by molar-refractivity contribution is 0.280. The topological polar surface area (TPSA) is 35.5 Å². The van der Waals surface area contributed by atoms with E-state index in [1.807, 2.05) is 12.1 Å². The number of hydrogen-bond acceptors (Lipinski definition) is 3. The van der Waals surface area contributed by atoms with Crippen LogP contribution in [0.5, 0.6) is 0 Å². The molecule has 0 bridgehead atoms. The second-order valence-electron chi connectivity index (χ2n) is 4.79. The van der Waals surface area contributed by atoms with Gasteiger partial charge in [-0.1, -0.05) is 0 Å². The maximum atomic E-state index is 12.9. The van der Waals surface area contributed by atoms with Crippen LogP contribution in [-0.4, -0.2) is 37.4 Å². The molecule has 3 nitrogen and oxygen atoms in total. The molecule has 0 radical (unpaired) electrons. The first kappa shape index (κ1) is 13.3. The third-order valence-electron chi connectivity index (χ3n) is 3.38. The van der Waals surface area contributed by atoms with E-state index in [4.69, 9.17) is 5.11 Å². The van der Waals surface area contributed by atoms with E-state index >= 15 is 0 Å². The fraction of sp³-hybridized carbons (Fsp3) is 0.571. The molecule has 18 heavy (non-hydrogen) atoms. The minimum absolute atomic E-state index is 0.187. The van der Waals surface area contributed by atoms with Crippen LogP contribution in [0, 0.1) is 5.82 Å². The van der Waals surface area contributed by atoms with Crippen LogP contribution in [0.2, 0.25) is 0 Å². The fourth-order valence-electron chi connectivity index (χ4n) is 2.42. The van der Waals surface area contributed by atoms with Crippen LogP contribution in [0.15, 0.2) is 24.3 Å². The van der Waals surface area contributed by atoms with Gasteiger partial charge in [-0.05, 0) is 50.1 Å². The first-order valence-electron chi connectivity index (χ1n) is 6.64. The summed E-state index contributed by atoms with van der Waals surface area (Å²) in [5.41, 5.74) is 1.09. The van der Waals surface area contributed by atoms with E-state index in [-0.39, 0.29) is 12.4 Å². The maximum absolute atomic E-state index is 12.9. The zero-order valence-electron chi connectivity index (χ0n) is 10.6. The molecule has 2 rings (SSSR count). The number of halogens is 1. The fourth-order valence-corrected chi connectivity index (χ4v) is 2.42. The van der Waals surface area contributed by atoms with Gasteiger partial charge in [0.05, 0.1) is 0 Å². The van der Waals surface area contributed by atoms with Crippen LogP contribution in [0.4, 0.5) is 10.1 Å². The number of rotatable bonds is 5. The van der Waals surface area contributed by atoms with Crippen molar-refractivity contribution in [2.24, 2.45) is 0 Å². The van der Waals surface area contributed by atoms with E-state index in [2.05, 4.69) is 10.2 Å². The number of aliphatic hydroxyl groups excluding tert-OH is 1. The lowest BCUT2D eigenvalue weighted by Gasteiger charge is -2.35. The van der Waals surface area contributed by atoms with Crippen molar-refractivity contribution < 1.29 is 9.50 Å². The van der Waals surface area contributed by atoms with Gasteiger partial charge < -0.3 is 15.3 Å². The second kappa shape index (κ2) is 6.71. The molecular formula is C14H21FN2O. The van der Waals surface area contributed by atoms with Crippen molar-refractivity contribution >= 4 is 5.69 Å². The minimum Gasteiger partial charge on any atom is -0.396 e. The third kappa shape index (κ3) is 3.68. The highest BCUT2D eigenvalue weighted by atomic mass is 19.1. The molecule has 1 aromatic rings. The lowest BCUT2D eigenvalue weighted by atomic mass is 10.0. The van der Waals surface area contributed by atoms with Crippen molar-refractivity contribution in [3.05, 3.63) is 30.1 Å². The molecule has 1 heterocycles. The monoisotopic (exact) mass is 252 g/mol. The average molecular weight is 252 g/mol. The first-order valence-corrected chi connectivity index (χ1v) is 6.64. The van der Waals surface area contributed by atoms with Gasteiger partial charge in [0.2, 0.25) is 0 Å². The van der Waals surface area contributed by atoms with Gasteiger partial charge in [-0.3, -0.25) is 0 Å². The Balaban J connectivity index is 1.88. The summed E-state index contributed by atoms with van der Waals surface area (Å²) in [4.78, 5) is 2.29. The van der Waals surface area contributed by atoms with E-state index in [1.165, 1.54) is 18.6 Å². The largest absolute Gasteiger partial charge is 0.396 e. The van der Waals surface area contributed by atoms with E-state index in [1.54, 1.807) is 0 Å². The molecular weight excluding hydrogens is 231 g/mol. The Hall–Kier alpha value is -1.13. The molecule has 0 saturated carbocycles. The van der Waals surface area contributed by atoms with Crippen molar-refractivity contribution in [2.75, 3.05) is 31.1 Å². The summed E-state index contributed by atoms with van der Waals surface area (Å²) >= 11 is 0. The van der Waals surface area contributed by atoms with Crippen molar-refractivity contribution in [2.45, 2.75) is 25.3 Å². The second-order valence-corrected chi connectivity index (χ2v) is 4.79. The van der Waals surface area contributed by atoms with E-state index in [9.17, 15) is 4.39 Å². The Morgan fingerprint density at radius 3 is 2.83 bits per heavy atom. The Kier molecular flexibility index (Phi) is 4.96. The van der Waals surface area contributed by atoms with Gasteiger partial charge in [-0.15, -0.1) is 0 Å². The molecule has 0 aliphatic carbocycles. The molecule has 1 aromatic carbocycles. The predicted octanol–water partition coefficient (Wildman–Crippen LogP) is 1.77. The summed E-state index contributed by atoms with van der Waals surface area (Å²) in [5, 5.41) is 12.2. The highest BCUT2D eigenvalue weighted by molar-refractivity contribution is 5.46. The number of aliphatic hydroxyl groups is 1. The predicted molar refractivity (Wildman–Crippen MR) is 71.3 cm³/mol. The van der Waals surface area contributed by atoms with Crippen molar-refractivity contribution in [1.29, 1.82) is 0 Å². The smallest absolute Gasteiger partial charge is 0.123 e. The van der Waals surface area contributed by atoms with Crippen molar-refractivity contribution in [1.82, 2.24) is 5.32 Å². The van der Waals surface area contributed by atoms with Gasteiger partial charge in [0.1, 0.15) is 5.82 Å². The van der Waals surface area contributed by atoms with Gasteiger partial charge in [0.15, 0.2) is 0 Å². The molecule has 4 heteroatoms. The minimum atomic E-state index is -0.187. The zero-order chi connectivity index (χ0) is 12.8. The number of anilines is 1. The van der Waals surface area contributed by atoms with Gasteiger partial charge >= 0.3 is 0 Å². The SMILES string of the molecule is OCCCNC1CCCN(c2ccc(F)cc2)C1. The molecule has 0 amide bonds. The summed E-state index contributed by atoms with van der Waals surface area (Å²) in [6, 6.07) is 7.17. The molecule has 100 valence electrons. The number of nitrogens with zero attached hydrogens (tertiary/aromatic N) is 1. The van der Waals surface area contributed by atoms with Crippen LogP contribution >= 0.6 is 0 Å². The van der Waals surface area contributed by atoms with E-state index < -0.39 is 0 Å². The maximum Gasteiger partial charge on any atom is 0.123 e. The van der Waals surface area contributed by atoms with Crippen LogP contribution < -0.4 is 10.2 Å². The third-order valence-corrected chi connectivity index (χ3v) is 3.38. The summed E-state index contributed by atoms with van der Waals surface area (Å²) in [6.45, 7) is 3.08. The molecule has 1 saturated heterocycles. The Labute approximate surface area is 108 Å². The van der Waals surface area contributed by atoms with Crippen molar-refractivity contribution in [3.8, 4) is 0 Å². The molecule has 2 N–H and O–H groups in total. The Morgan fingerprint density at radius 1 is 1.33 bits per heavy atom. The summed E-state index contributed by atoms with van der Waals surface area (Å²) in [5.74, 6) is -0.187. The van der Waals surface area contributed by atoms with Crippen LogP contribution in [0.25, 0.3) is 0 Å². The van der Waals surface area contributed by atoms with Gasteiger partial charge in [0.25, 0.3) is 0 Å². The molecule has 1 aliphatic heterocycles. The van der Waals surface area contributed by atoms with E-state index in [0.29, 0.717) is 6.04 Å². The molecule has 1 aliphatic rings. The first-order chi connectivity index (χ1) is 8.79. The molecule has 0 spiro atoms. The van der Waals surface area contributed by atoms with Crippen LogP contribution in [0.1, 0.15) is 19.3 Å². The Morgan fingerprint density at radius 2 is 2.11 bits per heavy atom. The van der Waals surface area contributed by atoms with Crippen LogP contribution in [0.3, 0.4) is 0 Å². The quantitative estimate of drug-likeness (QED) is 0.784. The molecule has 1 unspecified atom stereocenters. The van der Waals surface area contributed by atoms with Gasteiger partial charge in [-0.25, -0.2) is 4.39 Å². The number of hydrogen-bond donors (Lipinski definition) is 2. The number of nitrogens with one attached hydrogen (secondary N) is 1. The highest BCUT2D eigenvalue weighted by Crippen LogP contribution is 2.20. The molecule has 0 aromatic heterocycles. The summed E-state index contributed by atoms with van der Waals surface area (Å²) < 4.78 is 12.9.